The zero-order valence-corrected chi connectivity index (χ0v) is 10.3. The lowest BCUT2D eigenvalue weighted by molar-refractivity contribution is 0.129. The van der Waals surface area contributed by atoms with Gasteiger partial charge in [0.25, 0.3) is 0 Å². The molecule has 3 nitrogen and oxygen atoms in total. The molecule has 1 unspecified atom stereocenters. The van der Waals surface area contributed by atoms with Gasteiger partial charge >= 0.3 is 0 Å². The largest absolute Gasteiger partial charge is 0.497 e. The molecule has 2 N–H and O–H groups in total. The highest BCUT2D eigenvalue weighted by Gasteiger charge is 2.15. The lowest BCUT2D eigenvalue weighted by Crippen LogP contribution is -2.07. The summed E-state index contributed by atoms with van der Waals surface area (Å²) in [6.45, 7) is 0.908. The van der Waals surface area contributed by atoms with Crippen molar-refractivity contribution in [3.8, 4) is 5.75 Å². The average molecular weight is 239 g/mol. The van der Waals surface area contributed by atoms with Crippen LogP contribution in [0.3, 0.4) is 0 Å². The molecule has 0 bridgehead atoms. The minimum absolute atomic E-state index is 0.400. The molecule has 1 aromatic carbocycles. The van der Waals surface area contributed by atoms with Gasteiger partial charge in [0, 0.05) is 29.0 Å². The summed E-state index contributed by atoms with van der Waals surface area (Å²) in [6.07, 6.45) is 2.76. The maximum Gasteiger partial charge on any atom is 0.122 e. The molecule has 1 fully saturated rings. The van der Waals surface area contributed by atoms with Gasteiger partial charge < -0.3 is 15.2 Å². The standard InChI is InChI=1S/C12H17NO2S/c1-14-11-5-9(13)6-12(7-11)16-8-10-3-2-4-15-10/h5-7,10H,2-4,8,13H2,1H3. The molecular formula is C12H17NO2S. The number of rotatable bonds is 4. The zero-order chi connectivity index (χ0) is 11.4. The van der Waals surface area contributed by atoms with Crippen LogP contribution in [0.15, 0.2) is 23.1 Å². The van der Waals surface area contributed by atoms with E-state index in [2.05, 4.69) is 0 Å². The molecule has 1 aliphatic rings. The topological polar surface area (TPSA) is 44.5 Å². The van der Waals surface area contributed by atoms with Crippen LogP contribution >= 0.6 is 11.8 Å². The number of anilines is 1. The van der Waals surface area contributed by atoms with Crippen LogP contribution in [-0.2, 0) is 4.74 Å². The fourth-order valence-corrected chi connectivity index (χ4v) is 2.82. The van der Waals surface area contributed by atoms with Gasteiger partial charge in [0.1, 0.15) is 5.75 Å². The molecule has 88 valence electrons. The lowest BCUT2D eigenvalue weighted by atomic mass is 10.3. The molecule has 2 rings (SSSR count). The van der Waals surface area contributed by atoms with Crippen molar-refractivity contribution in [2.75, 3.05) is 25.2 Å². The number of ether oxygens (including phenoxy) is 2. The van der Waals surface area contributed by atoms with E-state index in [1.54, 1.807) is 18.9 Å². The first-order valence-electron chi connectivity index (χ1n) is 5.47. The summed E-state index contributed by atoms with van der Waals surface area (Å²) in [5, 5.41) is 0. The van der Waals surface area contributed by atoms with E-state index in [-0.39, 0.29) is 0 Å². The number of methoxy groups -OCH3 is 1. The highest BCUT2D eigenvalue weighted by molar-refractivity contribution is 7.99. The zero-order valence-electron chi connectivity index (χ0n) is 9.44. The second kappa shape index (κ2) is 5.46. The van der Waals surface area contributed by atoms with Gasteiger partial charge in [-0.2, -0.15) is 0 Å². The fourth-order valence-electron chi connectivity index (χ4n) is 1.76. The van der Waals surface area contributed by atoms with Crippen molar-refractivity contribution >= 4 is 17.4 Å². The molecule has 0 amide bonds. The Balaban J connectivity index is 1.94. The number of nitrogens with two attached hydrogens (primary N) is 1. The van der Waals surface area contributed by atoms with Crippen LogP contribution in [0.4, 0.5) is 5.69 Å². The molecule has 1 saturated heterocycles. The van der Waals surface area contributed by atoms with E-state index in [1.807, 2.05) is 18.2 Å². The summed E-state index contributed by atoms with van der Waals surface area (Å²) in [7, 11) is 1.66. The van der Waals surface area contributed by atoms with Crippen LogP contribution in [0.1, 0.15) is 12.8 Å². The third-order valence-corrected chi connectivity index (χ3v) is 3.71. The fraction of sp³-hybridized carbons (Fsp3) is 0.500. The molecule has 1 atom stereocenters. The van der Waals surface area contributed by atoms with Gasteiger partial charge in [0.2, 0.25) is 0 Å². The minimum Gasteiger partial charge on any atom is -0.497 e. The van der Waals surface area contributed by atoms with Crippen molar-refractivity contribution < 1.29 is 9.47 Å². The van der Waals surface area contributed by atoms with Crippen molar-refractivity contribution in [1.82, 2.24) is 0 Å². The Bertz CT molecular complexity index is 351. The Kier molecular flexibility index (Phi) is 3.96. The van der Waals surface area contributed by atoms with Crippen LogP contribution < -0.4 is 10.5 Å². The molecule has 16 heavy (non-hydrogen) atoms. The molecule has 0 spiro atoms. The van der Waals surface area contributed by atoms with Crippen molar-refractivity contribution in [2.45, 2.75) is 23.8 Å². The maximum absolute atomic E-state index is 5.79. The average Bonchev–Trinajstić information content (AvgIpc) is 2.78. The van der Waals surface area contributed by atoms with Gasteiger partial charge in [0.05, 0.1) is 13.2 Å². The van der Waals surface area contributed by atoms with E-state index in [1.165, 1.54) is 12.8 Å². The predicted octanol–water partition coefficient (Wildman–Crippen LogP) is 2.55. The van der Waals surface area contributed by atoms with Crippen LogP contribution in [0.25, 0.3) is 0 Å². The van der Waals surface area contributed by atoms with Gasteiger partial charge in [-0.25, -0.2) is 0 Å². The Labute approximate surface area is 100 Å². The van der Waals surface area contributed by atoms with Crippen molar-refractivity contribution in [3.63, 3.8) is 0 Å². The summed E-state index contributed by atoms with van der Waals surface area (Å²) in [4.78, 5) is 1.15. The van der Waals surface area contributed by atoms with Crippen LogP contribution in [0.2, 0.25) is 0 Å². The van der Waals surface area contributed by atoms with E-state index < -0.39 is 0 Å². The SMILES string of the molecule is COc1cc(N)cc(SCC2CCCO2)c1. The number of hydrogen-bond donors (Lipinski definition) is 1. The van der Waals surface area contributed by atoms with Crippen molar-refractivity contribution in [1.29, 1.82) is 0 Å². The second-order valence-electron chi connectivity index (χ2n) is 3.89. The minimum atomic E-state index is 0.400. The highest BCUT2D eigenvalue weighted by Crippen LogP contribution is 2.28. The first kappa shape index (κ1) is 11.6. The van der Waals surface area contributed by atoms with Crippen LogP contribution in [0.5, 0.6) is 5.75 Å². The molecule has 0 saturated carbocycles. The predicted molar refractivity (Wildman–Crippen MR) is 67.1 cm³/mol. The van der Waals surface area contributed by atoms with Crippen LogP contribution in [-0.4, -0.2) is 25.6 Å². The Hall–Kier alpha value is -0.870. The summed E-state index contributed by atoms with van der Waals surface area (Å²) in [5.74, 6) is 1.81. The molecule has 1 aromatic rings. The normalized spacial score (nSPS) is 19.9. The quantitative estimate of drug-likeness (QED) is 0.648. The molecule has 0 radical (unpaired) electrons. The smallest absolute Gasteiger partial charge is 0.122 e. The third-order valence-electron chi connectivity index (χ3n) is 2.60. The number of nitrogen functional groups attached to an aromatic ring is 1. The summed E-state index contributed by atoms with van der Waals surface area (Å²) < 4.78 is 10.8. The van der Waals surface area contributed by atoms with E-state index in [0.29, 0.717) is 6.10 Å². The van der Waals surface area contributed by atoms with Gasteiger partial charge in [-0.1, -0.05) is 0 Å². The molecular weight excluding hydrogens is 222 g/mol. The van der Waals surface area contributed by atoms with Crippen molar-refractivity contribution in [2.24, 2.45) is 0 Å². The van der Waals surface area contributed by atoms with E-state index >= 15 is 0 Å². The number of thioether (sulfide) groups is 1. The Morgan fingerprint density at radius 2 is 2.38 bits per heavy atom. The Morgan fingerprint density at radius 3 is 3.06 bits per heavy atom. The molecule has 1 aliphatic heterocycles. The van der Waals surface area contributed by atoms with Gasteiger partial charge in [-0.05, 0) is 25.0 Å². The first-order valence-corrected chi connectivity index (χ1v) is 6.45. The van der Waals surface area contributed by atoms with Crippen molar-refractivity contribution in [3.05, 3.63) is 18.2 Å². The summed E-state index contributed by atoms with van der Waals surface area (Å²) >= 11 is 1.78. The molecule has 0 aliphatic carbocycles. The monoisotopic (exact) mass is 239 g/mol. The van der Waals surface area contributed by atoms with E-state index in [9.17, 15) is 0 Å². The summed E-state index contributed by atoms with van der Waals surface area (Å²) in [6, 6.07) is 5.81. The highest BCUT2D eigenvalue weighted by atomic mass is 32.2. The summed E-state index contributed by atoms with van der Waals surface area (Å²) in [5.41, 5.74) is 6.54. The lowest BCUT2D eigenvalue weighted by Gasteiger charge is -2.10. The number of hydrogen-bond acceptors (Lipinski definition) is 4. The third kappa shape index (κ3) is 3.06. The molecule has 0 aromatic heterocycles. The maximum atomic E-state index is 5.79. The van der Waals surface area contributed by atoms with Crippen LogP contribution in [0, 0.1) is 0 Å². The van der Waals surface area contributed by atoms with Gasteiger partial charge in [0.15, 0.2) is 0 Å². The van der Waals surface area contributed by atoms with E-state index in [0.717, 1.165) is 28.7 Å². The van der Waals surface area contributed by atoms with Gasteiger partial charge in [-0.3, -0.25) is 0 Å². The van der Waals surface area contributed by atoms with E-state index in [4.69, 9.17) is 15.2 Å². The Morgan fingerprint density at radius 1 is 1.50 bits per heavy atom. The molecule has 1 heterocycles. The molecule has 4 heteroatoms. The van der Waals surface area contributed by atoms with Gasteiger partial charge in [-0.15, -0.1) is 11.8 Å². The number of benzene rings is 1. The second-order valence-corrected chi connectivity index (χ2v) is 4.98. The first-order chi connectivity index (χ1) is 7.78.